The first-order valence-corrected chi connectivity index (χ1v) is 11.8. The summed E-state index contributed by atoms with van der Waals surface area (Å²) in [5.74, 6) is -0.898. The van der Waals surface area contributed by atoms with Crippen molar-refractivity contribution in [2.75, 3.05) is 12.0 Å². The van der Waals surface area contributed by atoms with Crippen molar-refractivity contribution in [1.82, 2.24) is 9.88 Å². The highest BCUT2D eigenvalue weighted by Crippen LogP contribution is 2.27. The number of hydrogen-bond acceptors (Lipinski definition) is 2. The lowest BCUT2D eigenvalue weighted by atomic mass is 10.0. The lowest BCUT2D eigenvalue weighted by Gasteiger charge is -2.17. The molecule has 0 atom stereocenters. The van der Waals surface area contributed by atoms with Gasteiger partial charge >= 0.3 is 0 Å². The van der Waals surface area contributed by atoms with Crippen molar-refractivity contribution in [2.45, 2.75) is 39.3 Å². The Labute approximate surface area is 186 Å². The Hall–Kier alpha value is -2.60. The monoisotopic (exact) mass is 442 g/mol. The zero-order chi connectivity index (χ0) is 22.4. The molecule has 0 unspecified atom stereocenters. The Balaban J connectivity index is 1.90. The van der Waals surface area contributed by atoms with Crippen molar-refractivity contribution >= 4 is 17.7 Å². The fraction of sp³-hybridized carbons (Fsp3) is 0.320. The van der Waals surface area contributed by atoms with E-state index in [0.29, 0.717) is 17.7 Å². The fourth-order valence-corrected chi connectivity index (χ4v) is 4.13. The molecule has 3 nitrogen and oxygen atoms in total. The number of rotatable bonds is 9. The third-order valence-corrected chi connectivity index (χ3v) is 5.81. The summed E-state index contributed by atoms with van der Waals surface area (Å²) in [5, 5.41) is 2.87. The number of carbonyl (C=O) groups excluding carboxylic acids is 1. The third-order valence-electron chi connectivity index (χ3n) is 5.20. The van der Waals surface area contributed by atoms with Crippen LogP contribution in [0.3, 0.4) is 0 Å². The maximum absolute atomic E-state index is 13.5. The van der Waals surface area contributed by atoms with Crippen molar-refractivity contribution < 1.29 is 13.6 Å². The SMILES string of the molecule is CSCCc1cc(C(=O)NCc2ccc(F)c(F)c2)c(C(C)C)n1Cc1ccccc1. The van der Waals surface area contributed by atoms with Gasteiger partial charge in [0, 0.05) is 24.5 Å². The maximum Gasteiger partial charge on any atom is 0.253 e. The molecule has 1 N–H and O–H groups in total. The molecule has 3 rings (SSSR count). The smallest absolute Gasteiger partial charge is 0.253 e. The quantitative estimate of drug-likeness (QED) is 0.456. The average molecular weight is 443 g/mol. The minimum atomic E-state index is -0.914. The number of aromatic nitrogens is 1. The number of benzene rings is 2. The molecule has 1 heterocycles. The molecule has 0 saturated carbocycles. The summed E-state index contributed by atoms with van der Waals surface area (Å²) in [6.07, 6.45) is 2.94. The van der Waals surface area contributed by atoms with E-state index < -0.39 is 11.6 Å². The standard InChI is InChI=1S/C25H28F2N2OS/c1-17(2)24-21(25(30)28-15-19-9-10-22(26)23(27)13-19)14-20(11-12-31-3)29(24)16-18-7-5-4-6-8-18/h4-10,13-14,17H,11-12,15-16H2,1-3H3,(H,28,30). The predicted octanol–water partition coefficient (Wildman–Crippen LogP) is 5.77. The van der Waals surface area contributed by atoms with Gasteiger partial charge in [0.25, 0.3) is 5.91 Å². The van der Waals surface area contributed by atoms with E-state index in [2.05, 4.69) is 42.1 Å². The minimum absolute atomic E-state index is 0.136. The number of thioether (sulfide) groups is 1. The molecule has 0 bridgehead atoms. The van der Waals surface area contributed by atoms with E-state index in [-0.39, 0.29) is 18.4 Å². The summed E-state index contributed by atoms with van der Waals surface area (Å²) in [6.45, 7) is 5.01. The number of carbonyl (C=O) groups is 1. The first-order valence-electron chi connectivity index (χ1n) is 10.4. The first-order chi connectivity index (χ1) is 14.9. The molecule has 0 aliphatic heterocycles. The largest absolute Gasteiger partial charge is 0.348 e. The number of nitrogens with one attached hydrogen (secondary N) is 1. The molecule has 31 heavy (non-hydrogen) atoms. The maximum atomic E-state index is 13.5. The third kappa shape index (κ3) is 5.76. The minimum Gasteiger partial charge on any atom is -0.348 e. The van der Waals surface area contributed by atoms with Gasteiger partial charge in [0.05, 0.1) is 5.56 Å². The van der Waals surface area contributed by atoms with Crippen molar-refractivity contribution in [3.05, 3.63) is 94.3 Å². The molecular weight excluding hydrogens is 414 g/mol. The topological polar surface area (TPSA) is 34.0 Å². The van der Waals surface area contributed by atoms with Gasteiger partial charge in [0.1, 0.15) is 0 Å². The van der Waals surface area contributed by atoms with E-state index in [4.69, 9.17) is 0 Å². The Morgan fingerprint density at radius 3 is 2.42 bits per heavy atom. The van der Waals surface area contributed by atoms with Gasteiger partial charge < -0.3 is 9.88 Å². The van der Waals surface area contributed by atoms with Crippen molar-refractivity contribution in [3.63, 3.8) is 0 Å². The molecule has 0 fully saturated rings. The van der Waals surface area contributed by atoms with Crippen LogP contribution < -0.4 is 5.32 Å². The highest BCUT2D eigenvalue weighted by molar-refractivity contribution is 7.98. The van der Waals surface area contributed by atoms with Crippen LogP contribution in [-0.4, -0.2) is 22.5 Å². The number of amides is 1. The van der Waals surface area contributed by atoms with Gasteiger partial charge in [-0.3, -0.25) is 4.79 Å². The Bertz CT molecular complexity index is 1030. The molecule has 2 aromatic carbocycles. The second kappa shape index (κ2) is 10.6. The van der Waals surface area contributed by atoms with Crippen LogP contribution in [0.1, 0.15) is 52.6 Å². The van der Waals surface area contributed by atoms with E-state index in [0.717, 1.165) is 35.7 Å². The first kappa shape index (κ1) is 23.1. The second-order valence-corrected chi connectivity index (χ2v) is 8.82. The summed E-state index contributed by atoms with van der Waals surface area (Å²) in [5.41, 5.74) is 4.45. The van der Waals surface area contributed by atoms with Gasteiger partial charge in [-0.1, -0.05) is 50.2 Å². The van der Waals surface area contributed by atoms with Crippen molar-refractivity contribution in [3.8, 4) is 0 Å². The molecule has 164 valence electrons. The van der Waals surface area contributed by atoms with Crippen LogP contribution in [-0.2, 0) is 19.5 Å². The van der Waals surface area contributed by atoms with Crippen LogP contribution in [0.4, 0.5) is 8.78 Å². The summed E-state index contributed by atoms with van der Waals surface area (Å²) in [6, 6.07) is 15.9. The second-order valence-electron chi connectivity index (χ2n) is 7.83. The van der Waals surface area contributed by atoms with Gasteiger partial charge in [-0.15, -0.1) is 0 Å². The lowest BCUT2D eigenvalue weighted by molar-refractivity contribution is 0.0949. The Morgan fingerprint density at radius 2 is 1.77 bits per heavy atom. The summed E-state index contributed by atoms with van der Waals surface area (Å²) < 4.78 is 28.9. The van der Waals surface area contributed by atoms with Crippen LogP contribution in [0.2, 0.25) is 0 Å². The van der Waals surface area contributed by atoms with Crippen LogP contribution in [0.5, 0.6) is 0 Å². The van der Waals surface area contributed by atoms with E-state index in [1.54, 1.807) is 11.8 Å². The van der Waals surface area contributed by atoms with E-state index in [1.807, 2.05) is 24.3 Å². The number of halogens is 2. The molecule has 0 aliphatic rings. The zero-order valence-corrected chi connectivity index (χ0v) is 18.9. The average Bonchev–Trinajstić information content (AvgIpc) is 3.12. The molecule has 1 amide bonds. The molecule has 0 radical (unpaired) electrons. The van der Waals surface area contributed by atoms with E-state index in [1.165, 1.54) is 11.6 Å². The van der Waals surface area contributed by atoms with E-state index >= 15 is 0 Å². The van der Waals surface area contributed by atoms with Gasteiger partial charge in [0.2, 0.25) is 0 Å². The Morgan fingerprint density at radius 1 is 1.03 bits per heavy atom. The molecule has 0 aliphatic carbocycles. The molecule has 6 heteroatoms. The molecule has 0 spiro atoms. The van der Waals surface area contributed by atoms with E-state index in [9.17, 15) is 13.6 Å². The van der Waals surface area contributed by atoms with Gasteiger partial charge in [-0.2, -0.15) is 11.8 Å². The summed E-state index contributed by atoms with van der Waals surface area (Å²) in [7, 11) is 0. The Kier molecular flexibility index (Phi) is 7.91. The predicted molar refractivity (Wildman–Crippen MR) is 124 cm³/mol. The highest BCUT2D eigenvalue weighted by atomic mass is 32.2. The molecular formula is C25H28F2N2OS. The van der Waals surface area contributed by atoms with Crippen LogP contribution in [0.25, 0.3) is 0 Å². The summed E-state index contributed by atoms with van der Waals surface area (Å²) in [4.78, 5) is 13.1. The molecule has 1 aromatic heterocycles. The van der Waals surface area contributed by atoms with Crippen LogP contribution in [0.15, 0.2) is 54.6 Å². The summed E-state index contributed by atoms with van der Waals surface area (Å²) >= 11 is 1.77. The molecule has 3 aromatic rings. The van der Waals surface area contributed by atoms with Gasteiger partial charge in [-0.05, 0) is 53.7 Å². The zero-order valence-electron chi connectivity index (χ0n) is 18.1. The fourth-order valence-electron chi connectivity index (χ4n) is 3.72. The number of hydrogen-bond donors (Lipinski definition) is 1. The van der Waals surface area contributed by atoms with Crippen molar-refractivity contribution in [2.24, 2.45) is 0 Å². The van der Waals surface area contributed by atoms with Crippen LogP contribution in [0, 0.1) is 11.6 Å². The van der Waals surface area contributed by atoms with Crippen LogP contribution >= 0.6 is 11.8 Å². The normalized spacial score (nSPS) is 11.2. The van der Waals surface area contributed by atoms with Gasteiger partial charge in [-0.25, -0.2) is 8.78 Å². The highest BCUT2D eigenvalue weighted by Gasteiger charge is 2.22. The lowest BCUT2D eigenvalue weighted by Crippen LogP contribution is -2.24. The molecule has 0 saturated heterocycles. The number of nitrogens with zero attached hydrogens (tertiary/aromatic N) is 1. The van der Waals surface area contributed by atoms with Gasteiger partial charge in [0.15, 0.2) is 11.6 Å². The van der Waals surface area contributed by atoms with Crippen molar-refractivity contribution in [1.29, 1.82) is 0 Å². The number of aryl methyl sites for hydroxylation is 1.